The highest BCUT2D eigenvalue weighted by Crippen LogP contribution is 2.28. The Morgan fingerprint density at radius 1 is 1.31 bits per heavy atom. The van der Waals surface area contributed by atoms with E-state index < -0.39 is 0 Å². The van der Waals surface area contributed by atoms with Crippen LogP contribution >= 0.6 is 0 Å². The first-order valence-corrected chi connectivity index (χ1v) is 5.37. The van der Waals surface area contributed by atoms with Crippen LogP contribution in [0, 0.1) is 5.92 Å². The van der Waals surface area contributed by atoms with Gasteiger partial charge in [0.2, 0.25) is 0 Å². The average Bonchev–Trinajstić information content (AvgIpc) is 2.50. The molecule has 2 nitrogen and oxygen atoms in total. The van der Waals surface area contributed by atoms with Gasteiger partial charge in [0, 0.05) is 6.04 Å². The second-order valence-electron chi connectivity index (χ2n) is 4.45. The number of hydrogen-bond acceptors (Lipinski definition) is 2. The summed E-state index contributed by atoms with van der Waals surface area (Å²) in [5.74, 6) is 0.903. The molecule has 0 radical (unpaired) electrons. The number of ketones is 1. The molecule has 0 aliphatic heterocycles. The van der Waals surface area contributed by atoms with Gasteiger partial charge in [-0.25, -0.2) is 0 Å². The topological polar surface area (TPSA) is 29.1 Å². The van der Waals surface area contributed by atoms with Crippen molar-refractivity contribution in [3.63, 3.8) is 0 Å². The molecule has 0 aromatic rings. The van der Waals surface area contributed by atoms with E-state index in [9.17, 15) is 4.79 Å². The van der Waals surface area contributed by atoms with Gasteiger partial charge >= 0.3 is 0 Å². The maximum Gasteiger partial charge on any atom is 0.146 e. The molecule has 13 heavy (non-hydrogen) atoms. The third-order valence-corrected chi connectivity index (χ3v) is 2.82. The molecular formula is C11H21NO. The van der Waals surface area contributed by atoms with Gasteiger partial charge in [-0.05, 0) is 25.7 Å². The van der Waals surface area contributed by atoms with E-state index in [0.717, 1.165) is 0 Å². The minimum absolute atomic E-state index is 0.113. The van der Waals surface area contributed by atoms with Gasteiger partial charge in [0.05, 0.1) is 6.04 Å². The van der Waals surface area contributed by atoms with E-state index in [1.165, 1.54) is 25.7 Å². The Hall–Kier alpha value is -0.370. The minimum Gasteiger partial charge on any atom is -0.305 e. The summed E-state index contributed by atoms with van der Waals surface area (Å²) in [5, 5.41) is 3.37. The van der Waals surface area contributed by atoms with Crippen molar-refractivity contribution in [3.8, 4) is 0 Å². The normalized spacial score (nSPS) is 20.9. The fraction of sp³-hybridized carbons (Fsp3) is 0.909. The van der Waals surface area contributed by atoms with Crippen molar-refractivity contribution in [3.05, 3.63) is 0 Å². The molecule has 0 saturated heterocycles. The zero-order chi connectivity index (χ0) is 9.84. The number of nitrogens with one attached hydrogen (secondary N) is 1. The van der Waals surface area contributed by atoms with Crippen molar-refractivity contribution < 1.29 is 4.79 Å². The lowest BCUT2D eigenvalue weighted by Gasteiger charge is -2.24. The van der Waals surface area contributed by atoms with Crippen LogP contribution in [0.25, 0.3) is 0 Å². The molecule has 2 heteroatoms. The first kappa shape index (κ1) is 10.7. The molecule has 0 amide bonds. The summed E-state index contributed by atoms with van der Waals surface area (Å²) in [6.07, 6.45) is 5.05. The molecule has 0 aromatic carbocycles. The highest BCUT2D eigenvalue weighted by molar-refractivity contribution is 5.81. The van der Waals surface area contributed by atoms with Crippen LogP contribution in [0.3, 0.4) is 0 Å². The van der Waals surface area contributed by atoms with Crippen LogP contribution in [0.5, 0.6) is 0 Å². The second-order valence-corrected chi connectivity index (χ2v) is 4.45. The van der Waals surface area contributed by atoms with E-state index in [2.05, 4.69) is 19.2 Å². The molecule has 76 valence electrons. The van der Waals surface area contributed by atoms with E-state index in [1.54, 1.807) is 6.92 Å². The third kappa shape index (κ3) is 3.11. The summed E-state index contributed by atoms with van der Waals surface area (Å²) in [6, 6.07) is 0.525. The number of carbonyl (C=O) groups excluding carboxylic acids is 1. The van der Waals surface area contributed by atoms with Gasteiger partial charge in [0.1, 0.15) is 5.78 Å². The summed E-state index contributed by atoms with van der Waals surface area (Å²) < 4.78 is 0. The van der Waals surface area contributed by atoms with Gasteiger partial charge in [-0.1, -0.05) is 26.7 Å². The van der Waals surface area contributed by atoms with Gasteiger partial charge in [-0.15, -0.1) is 0 Å². The quantitative estimate of drug-likeness (QED) is 0.723. The fourth-order valence-electron chi connectivity index (χ4n) is 2.24. The first-order valence-electron chi connectivity index (χ1n) is 5.37. The van der Waals surface area contributed by atoms with Gasteiger partial charge < -0.3 is 5.32 Å². The Labute approximate surface area is 81.1 Å². The maximum atomic E-state index is 11.4. The molecule has 1 saturated carbocycles. The van der Waals surface area contributed by atoms with Crippen LogP contribution in [-0.2, 0) is 4.79 Å². The lowest BCUT2D eigenvalue weighted by Crippen LogP contribution is -2.44. The predicted molar refractivity (Wildman–Crippen MR) is 54.7 cm³/mol. The monoisotopic (exact) mass is 183 g/mol. The Kier molecular flexibility index (Phi) is 3.91. The smallest absolute Gasteiger partial charge is 0.146 e. The number of rotatable bonds is 4. The van der Waals surface area contributed by atoms with Crippen LogP contribution in [0.4, 0.5) is 0 Å². The third-order valence-electron chi connectivity index (χ3n) is 2.82. The molecule has 1 rings (SSSR count). The summed E-state index contributed by atoms with van der Waals surface area (Å²) in [4.78, 5) is 11.4. The first-order chi connectivity index (χ1) is 6.11. The molecule has 1 fully saturated rings. The molecule has 0 spiro atoms. The van der Waals surface area contributed by atoms with Gasteiger partial charge in [0.25, 0.3) is 0 Å². The van der Waals surface area contributed by atoms with Crippen LogP contribution in [0.1, 0.15) is 46.5 Å². The van der Waals surface area contributed by atoms with Crippen LogP contribution < -0.4 is 5.32 Å². The van der Waals surface area contributed by atoms with Crippen molar-refractivity contribution >= 4 is 5.78 Å². The molecule has 1 aliphatic rings. The van der Waals surface area contributed by atoms with E-state index >= 15 is 0 Å². The molecule has 1 N–H and O–H groups in total. The van der Waals surface area contributed by atoms with Crippen molar-refractivity contribution in [2.24, 2.45) is 5.92 Å². The van der Waals surface area contributed by atoms with E-state index in [0.29, 0.717) is 17.7 Å². The zero-order valence-corrected chi connectivity index (χ0v) is 8.97. The second kappa shape index (κ2) is 4.75. The van der Waals surface area contributed by atoms with E-state index in [4.69, 9.17) is 0 Å². The van der Waals surface area contributed by atoms with Crippen LogP contribution in [-0.4, -0.2) is 17.9 Å². The Morgan fingerprint density at radius 2 is 1.85 bits per heavy atom. The van der Waals surface area contributed by atoms with Gasteiger partial charge in [-0.3, -0.25) is 4.79 Å². The lowest BCUT2D eigenvalue weighted by atomic mass is 9.94. The SMILES string of the molecule is CC(=O)[C@H](NC(C)C)C1CCCC1. The van der Waals surface area contributed by atoms with Crippen molar-refractivity contribution in [2.45, 2.75) is 58.5 Å². The number of Topliss-reactive ketones (excluding diaryl/α,β-unsaturated/α-hetero) is 1. The maximum absolute atomic E-state index is 11.4. The Morgan fingerprint density at radius 3 is 2.23 bits per heavy atom. The fourth-order valence-corrected chi connectivity index (χ4v) is 2.24. The summed E-state index contributed by atoms with van der Waals surface area (Å²) in [7, 11) is 0. The predicted octanol–water partition coefficient (Wildman–Crippen LogP) is 2.13. The highest BCUT2D eigenvalue weighted by Gasteiger charge is 2.28. The molecule has 1 atom stereocenters. The van der Waals surface area contributed by atoms with Gasteiger partial charge in [-0.2, -0.15) is 0 Å². The molecule has 0 bridgehead atoms. The standard InChI is InChI=1S/C11H21NO/c1-8(2)12-11(9(3)13)10-6-4-5-7-10/h8,10-12H,4-7H2,1-3H3/t11-/m0/s1. The van der Waals surface area contributed by atoms with E-state index in [1.807, 2.05) is 0 Å². The largest absolute Gasteiger partial charge is 0.305 e. The van der Waals surface area contributed by atoms with Crippen molar-refractivity contribution in [1.82, 2.24) is 5.32 Å². The van der Waals surface area contributed by atoms with Crippen LogP contribution in [0.15, 0.2) is 0 Å². The van der Waals surface area contributed by atoms with Crippen molar-refractivity contribution in [2.75, 3.05) is 0 Å². The number of hydrogen-bond donors (Lipinski definition) is 1. The summed E-state index contributed by atoms with van der Waals surface area (Å²) in [5.41, 5.74) is 0. The van der Waals surface area contributed by atoms with Gasteiger partial charge in [0.15, 0.2) is 0 Å². The number of carbonyl (C=O) groups is 1. The Balaban J connectivity index is 2.50. The van der Waals surface area contributed by atoms with Crippen molar-refractivity contribution in [1.29, 1.82) is 0 Å². The van der Waals surface area contributed by atoms with Crippen LogP contribution in [0.2, 0.25) is 0 Å². The molecule has 1 aliphatic carbocycles. The molecular weight excluding hydrogens is 162 g/mol. The minimum atomic E-state index is 0.113. The summed E-state index contributed by atoms with van der Waals surface area (Å²) in [6.45, 7) is 5.91. The Bertz CT molecular complexity index is 171. The molecule has 0 heterocycles. The lowest BCUT2D eigenvalue weighted by molar-refractivity contribution is -0.120. The molecule has 0 unspecified atom stereocenters. The highest BCUT2D eigenvalue weighted by atomic mass is 16.1. The zero-order valence-electron chi connectivity index (χ0n) is 8.97. The van der Waals surface area contributed by atoms with E-state index in [-0.39, 0.29) is 6.04 Å². The summed E-state index contributed by atoms with van der Waals surface area (Å²) >= 11 is 0. The average molecular weight is 183 g/mol. The molecule has 0 aromatic heterocycles.